The highest BCUT2D eigenvalue weighted by Crippen LogP contribution is 2.09. The van der Waals surface area contributed by atoms with Crippen molar-refractivity contribution in [2.75, 3.05) is 50.9 Å². The molecule has 96 valence electrons. The van der Waals surface area contributed by atoms with Crippen molar-refractivity contribution in [3.8, 4) is 0 Å². The van der Waals surface area contributed by atoms with Crippen LogP contribution in [0.1, 0.15) is 20.3 Å². The van der Waals surface area contributed by atoms with Gasteiger partial charge in [0.25, 0.3) is 0 Å². The first-order chi connectivity index (χ1) is 7.88. The zero-order valence-corrected chi connectivity index (χ0v) is 11.5. The van der Waals surface area contributed by atoms with Gasteiger partial charge in [0, 0.05) is 19.1 Å². The quantitative estimate of drug-likeness (QED) is 0.655. The normalized spacial score (nSPS) is 22.5. The lowest BCUT2D eigenvalue weighted by Crippen LogP contribution is -2.50. The van der Waals surface area contributed by atoms with Crippen LogP contribution >= 0.6 is 11.8 Å². The Balaban J connectivity index is 2.18. The van der Waals surface area contributed by atoms with Crippen LogP contribution in [0.3, 0.4) is 0 Å². The predicted octanol–water partition coefficient (Wildman–Crippen LogP) is 1.44. The molecular formula is C12H26N2OS. The predicted molar refractivity (Wildman–Crippen MR) is 72.3 cm³/mol. The Kier molecular flexibility index (Phi) is 8.29. The second kappa shape index (κ2) is 9.28. The maximum atomic E-state index is 5.55. The van der Waals surface area contributed by atoms with E-state index in [1.807, 2.05) is 11.8 Å². The van der Waals surface area contributed by atoms with Crippen molar-refractivity contribution in [1.82, 2.24) is 10.2 Å². The van der Waals surface area contributed by atoms with Crippen molar-refractivity contribution >= 4 is 11.8 Å². The molecule has 3 nitrogen and oxygen atoms in total. The van der Waals surface area contributed by atoms with Crippen LogP contribution in [0.25, 0.3) is 0 Å². The molecule has 16 heavy (non-hydrogen) atoms. The zero-order chi connectivity index (χ0) is 11.6. The molecule has 0 spiro atoms. The Morgan fingerprint density at radius 1 is 1.44 bits per heavy atom. The van der Waals surface area contributed by atoms with Crippen LogP contribution in [-0.4, -0.2) is 61.8 Å². The summed E-state index contributed by atoms with van der Waals surface area (Å²) in [5.74, 6) is 2.53. The maximum absolute atomic E-state index is 5.55. The smallest absolute Gasteiger partial charge is 0.0634 e. The molecule has 0 bridgehead atoms. The van der Waals surface area contributed by atoms with Gasteiger partial charge < -0.3 is 10.1 Å². The van der Waals surface area contributed by atoms with E-state index in [9.17, 15) is 0 Å². The molecule has 4 heteroatoms. The molecule has 0 aromatic rings. The van der Waals surface area contributed by atoms with Gasteiger partial charge in [-0.25, -0.2) is 0 Å². The fraction of sp³-hybridized carbons (Fsp3) is 1.00. The molecule has 1 aliphatic rings. The molecule has 0 amide bonds. The third-order valence-electron chi connectivity index (χ3n) is 2.92. The molecule has 1 aliphatic heterocycles. The third-order valence-corrected chi connectivity index (χ3v) is 3.90. The maximum Gasteiger partial charge on any atom is 0.0634 e. The monoisotopic (exact) mass is 246 g/mol. The first-order valence-corrected chi connectivity index (χ1v) is 7.64. The van der Waals surface area contributed by atoms with Crippen LogP contribution in [-0.2, 0) is 4.74 Å². The largest absolute Gasteiger partial charge is 0.378 e. The molecule has 1 heterocycles. The number of hydrogen-bond acceptors (Lipinski definition) is 4. The van der Waals surface area contributed by atoms with Gasteiger partial charge >= 0.3 is 0 Å². The SMILES string of the molecule is CCNCC1COCCN1CCCSCC. The standard InChI is InChI=1S/C12H26N2OS/c1-3-13-10-12-11-15-8-7-14(12)6-5-9-16-4-2/h12-13H,3-11H2,1-2H3. The summed E-state index contributed by atoms with van der Waals surface area (Å²) in [5, 5.41) is 3.42. The van der Waals surface area contributed by atoms with Crippen LogP contribution in [0.15, 0.2) is 0 Å². The minimum atomic E-state index is 0.584. The van der Waals surface area contributed by atoms with Crippen molar-refractivity contribution in [3.05, 3.63) is 0 Å². The second-order valence-corrected chi connectivity index (χ2v) is 5.52. The lowest BCUT2D eigenvalue weighted by atomic mass is 10.2. The summed E-state index contributed by atoms with van der Waals surface area (Å²) in [7, 11) is 0. The van der Waals surface area contributed by atoms with Crippen molar-refractivity contribution in [1.29, 1.82) is 0 Å². The molecule has 0 aliphatic carbocycles. The highest BCUT2D eigenvalue weighted by Gasteiger charge is 2.21. The summed E-state index contributed by atoms with van der Waals surface area (Å²) < 4.78 is 5.55. The van der Waals surface area contributed by atoms with Gasteiger partial charge in [0.2, 0.25) is 0 Å². The van der Waals surface area contributed by atoms with Gasteiger partial charge in [-0.15, -0.1) is 0 Å². The van der Waals surface area contributed by atoms with Crippen LogP contribution in [0.4, 0.5) is 0 Å². The lowest BCUT2D eigenvalue weighted by molar-refractivity contribution is -0.00631. The number of nitrogens with one attached hydrogen (secondary N) is 1. The topological polar surface area (TPSA) is 24.5 Å². The van der Waals surface area contributed by atoms with E-state index in [0.717, 1.165) is 32.8 Å². The van der Waals surface area contributed by atoms with Crippen molar-refractivity contribution in [3.63, 3.8) is 0 Å². The van der Waals surface area contributed by atoms with Gasteiger partial charge in [-0.2, -0.15) is 11.8 Å². The number of nitrogens with zero attached hydrogens (tertiary/aromatic N) is 1. The number of likely N-dealkylation sites (N-methyl/N-ethyl adjacent to an activating group) is 1. The fourth-order valence-electron chi connectivity index (χ4n) is 2.00. The highest BCUT2D eigenvalue weighted by molar-refractivity contribution is 7.99. The van der Waals surface area contributed by atoms with Crippen LogP contribution in [0.5, 0.6) is 0 Å². The zero-order valence-electron chi connectivity index (χ0n) is 10.7. The molecule has 0 radical (unpaired) electrons. The minimum Gasteiger partial charge on any atom is -0.378 e. The molecule has 1 saturated heterocycles. The third kappa shape index (κ3) is 5.53. The molecule has 1 N–H and O–H groups in total. The van der Waals surface area contributed by atoms with Gasteiger partial charge in [0.1, 0.15) is 0 Å². The highest BCUT2D eigenvalue weighted by atomic mass is 32.2. The van der Waals surface area contributed by atoms with E-state index in [1.165, 1.54) is 24.5 Å². The molecule has 1 rings (SSSR count). The summed E-state index contributed by atoms with van der Waals surface area (Å²) in [6.07, 6.45) is 1.31. The molecule has 0 aromatic heterocycles. The number of morpholine rings is 1. The van der Waals surface area contributed by atoms with E-state index in [-0.39, 0.29) is 0 Å². The van der Waals surface area contributed by atoms with Gasteiger partial charge in [-0.1, -0.05) is 13.8 Å². The van der Waals surface area contributed by atoms with Crippen molar-refractivity contribution in [2.24, 2.45) is 0 Å². The van der Waals surface area contributed by atoms with E-state index in [0.29, 0.717) is 6.04 Å². The summed E-state index contributed by atoms with van der Waals surface area (Å²) in [6, 6.07) is 0.584. The molecule has 0 saturated carbocycles. The van der Waals surface area contributed by atoms with Crippen molar-refractivity contribution in [2.45, 2.75) is 26.3 Å². The summed E-state index contributed by atoms with van der Waals surface area (Å²) in [4.78, 5) is 2.59. The van der Waals surface area contributed by atoms with E-state index in [4.69, 9.17) is 4.74 Å². The Labute approximate surface area is 104 Å². The number of thioether (sulfide) groups is 1. The number of hydrogen-bond donors (Lipinski definition) is 1. The Hall–Kier alpha value is 0.230. The average Bonchev–Trinajstić information content (AvgIpc) is 2.33. The van der Waals surface area contributed by atoms with Gasteiger partial charge in [-0.3, -0.25) is 4.90 Å². The minimum absolute atomic E-state index is 0.584. The Morgan fingerprint density at radius 3 is 3.06 bits per heavy atom. The first kappa shape index (κ1) is 14.3. The van der Waals surface area contributed by atoms with E-state index < -0.39 is 0 Å². The van der Waals surface area contributed by atoms with Gasteiger partial charge in [0.15, 0.2) is 0 Å². The second-order valence-electron chi connectivity index (χ2n) is 4.12. The van der Waals surface area contributed by atoms with Gasteiger partial charge in [-0.05, 0) is 31.0 Å². The molecule has 1 unspecified atom stereocenters. The molecule has 0 aromatic carbocycles. The summed E-state index contributed by atoms with van der Waals surface area (Å²) in [6.45, 7) is 10.6. The fourth-order valence-corrected chi connectivity index (χ4v) is 2.62. The number of rotatable bonds is 8. The van der Waals surface area contributed by atoms with E-state index in [2.05, 4.69) is 24.1 Å². The summed E-state index contributed by atoms with van der Waals surface area (Å²) >= 11 is 2.04. The Morgan fingerprint density at radius 2 is 2.31 bits per heavy atom. The van der Waals surface area contributed by atoms with Crippen LogP contribution in [0, 0.1) is 0 Å². The average molecular weight is 246 g/mol. The van der Waals surface area contributed by atoms with Gasteiger partial charge in [0.05, 0.1) is 13.2 Å². The van der Waals surface area contributed by atoms with E-state index >= 15 is 0 Å². The van der Waals surface area contributed by atoms with Crippen molar-refractivity contribution < 1.29 is 4.74 Å². The number of ether oxygens (including phenoxy) is 1. The molecule has 1 atom stereocenters. The lowest BCUT2D eigenvalue weighted by Gasteiger charge is -2.35. The summed E-state index contributed by atoms with van der Waals surface area (Å²) in [5.41, 5.74) is 0. The Bertz CT molecular complexity index is 169. The first-order valence-electron chi connectivity index (χ1n) is 6.48. The van der Waals surface area contributed by atoms with E-state index in [1.54, 1.807) is 0 Å². The molecular weight excluding hydrogens is 220 g/mol. The molecule has 1 fully saturated rings. The van der Waals surface area contributed by atoms with Crippen LogP contribution < -0.4 is 5.32 Å². The van der Waals surface area contributed by atoms with Crippen LogP contribution in [0.2, 0.25) is 0 Å².